The monoisotopic (exact) mass is 335 g/mol. The molecule has 1 unspecified atom stereocenters. The molecular formula is C15H21N5O4. The number of nitrogens with one attached hydrogen (secondary N) is 2. The summed E-state index contributed by atoms with van der Waals surface area (Å²) in [6.45, 7) is 1.69. The fraction of sp³-hybridized carbons (Fsp3) is 0.333. The van der Waals surface area contributed by atoms with E-state index in [4.69, 9.17) is 5.11 Å². The first kappa shape index (κ1) is 19.1. The maximum Gasteiger partial charge on any atom is 0.335 e. The van der Waals surface area contributed by atoms with E-state index in [9.17, 15) is 14.7 Å². The molecule has 4 N–H and O–H groups in total. The Hall–Kier alpha value is -2.94. The Kier molecular flexibility index (Phi) is 7.37. The Morgan fingerprint density at radius 3 is 2.71 bits per heavy atom. The number of carbonyl (C=O) groups is 2. The number of nitrogens with zero attached hydrogens (tertiary/aromatic N) is 3. The second-order valence-electron chi connectivity index (χ2n) is 4.63. The van der Waals surface area contributed by atoms with Crippen molar-refractivity contribution in [3.63, 3.8) is 0 Å². The van der Waals surface area contributed by atoms with Gasteiger partial charge in [0, 0.05) is 20.3 Å². The first-order valence-corrected chi connectivity index (χ1v) is 7.17. The first-order valence-electron chi connectivity index (χ1n) is 7.17. The molecule has 0 aliphatic heterocycles. The third-order valence-corrected chi connectivity index (χ3v) is 2.98. The van der Waals surface area contributed by atoms with Crippen molar-refractivity contribution in [1.82, 2.24) is 14.9 Å². The van der Waals surface area contributed by atoms with Crippen molar-refractivity contribution in [2.45, 2.75) is 19.7 Å². The summed E-state index contributed by atoms with van der Waals surface area (Å²) >= 11 is 0. The molecule has 9 nitrogen and oxygen atoms in total. The minimum atomic E-state index is -1.16. The largest absolute Gasteiger partial charge is 0.478 e. The van der Waals surface area contributed by atoms with Crippen LogP contribution < -0.4 is 10.6 Å². The van der Waals surface area contributed by atoms with Gasteiger partial charge in [0.1, 0.15) is 0 Å². The Labute approximate surface area is 139 Å². The maximum absolute atomic E-state index is 11.9. The second kappa shape index (κ2) is 9.26. The molecule has 0 saturated carbocycles. The van der Waals surface area contributed by atoms with E-state index in [1.807, 2.05) is 0 Å². The minimum absolute atomic E-state index is 0.00616. The molecule has 0 fully saturated rings. The lowest BCUT2D eigenvalue weighted by Gasteiger charge is -2.10. The van der Waals surface area contributed by atoms with Gasteiger partial charge in [-0.3, -0.25) is 9.79 Å². The number of amides is 1. The van der Waals surface area contributed by atoms with Crippen LogP contribution in [0.2, 0.25) is 0 Å². The number of anilines is 1. The first-order chi connectivity index (χ1) is 11.4. The van der Waals surface area contributed by atoms with E-state index in [0.29, 0.717) is 5.82 Å². The Balaban J connectivity index is 2.89. The average molecular weight is 335 g/mol. The molecular weight excluding hydrogens is 314 g/mol. The number of aliphatic imine (C=N–C) groups is 1. The number of hydrogen-bond acceptors (Lipinski definition) is 6. The van der Waals surface area contributed by atoms with E-state index in [0.717, 1.165) is 0 Å². The average Bonchev–Trinajstić information content (AvgIpc) is 2.95. The summed E-state index contributed by atoms with van der Waals surface area (Å²) in [6, 6.07) is 0. The SMILES string of the molecule is C\C=C/C(=C\C=N/C(O)Cn1cnc(NC)c1C(=O)NC)C(=O)O. The van der Waals surface area contributed by atoms with Crippen molar-refractivity contribution in [3.8, 4) is 0 Å². The van der Waals surface area contributed by atoms with Crippen LogP contribution in [-0.2, 0) is 11.3 Å². The third kappa shape index (κ3) is 5.06. The summed E-state index contributed by atoms with van der Waals surface area (Å²) in [5.41, 5.74) is 0.310. The third-order valence-electron chi connectivity index (χ3n) is 2.98. The van der Waals surface area contributed by atoms with Gasteiger partial charge in [-0.15, -0.1) is 0 Å². The van der Waals surface area contributed by atoms with E-state index < -0.39 is 12.2 Å². The van der Waals surface area contributed by atoms with Crippen molar-refractivity contribution >= 4 is 23.9 Å². The van der Waals surface area contributed by atoms with Gasteiger partial charge < -0.3 is 25.4 Å². The summed E-state index contributed by atoms with van der Waals surface area (Å²) in [5.74, 6) is -1.06. The van der Waals surface area contributed by atoms with Gasteiger partial charge in [0.15, 0.2) is 17.7 Å². The molecule has 0 aliphatic rings. The lowest BCUT2D eigenvalue weighted by atomic mass is 10.2. The van der Waals surface area contributed by atoms with Crippen LogP contribution in [0.25, 0.3) is 0 Å². The molecule has 0 radical (unpaired) electrons. The van der Waals surface area contributed by atoms with Gasteiger partial charge >= 0.3 is 5.97 Å². The normalized spacial score (nSPS) is 13.4. The number of carboxylic acids is 1. The van der Waals surface area contributed by atoms with Crippen molar-refractivity contribution in [2.75, 3.05) is 19.4 Å². The number of rotatable bonds is 8. The highest BCUT2D eigenvalue weighted by atomic mass is 16.4. The van der Waals surface area contributed by atoms with Crippen LogP contribution in [0.3, 0.4) is 0 Å². The Morgan fingerprint density at radius 2 is 2.17 bits per heavy atom. The fourth-order valence-electron chi connectivity index (χ4n) is 1.88. The van der Waals surface area contributed by atoms with Crippen LogP contribution in [-0.4, -0.2) is 58.2 Å². The summed E-state index contributed by atoms with van der Waals surface area (Å²) in [6.07, 6.45) is 5.74. The molecule has 1 amide bonds. The summed E-state index contributed by atoms with van der Waals surface area (Å²) < 4.78 is 1.46. The lowest BCUT2D eigenvalue weighted by molar-refractivity contribution is -0.132. The van der Waals surface area contributed by atoms with Crippen LogP contribution in [0.1, 0.15) is 17.4 Å². The number of imidazole rings is 1. The van der Waals surface area contributed by atoms with E-state index in [1.54, 1.807) is 20.0 Å². The molecule has 9 heteroatoms. The number of aliphatic carboxylic acids is 1. The van der Waals surface area contributed by atoms with Crippen LogP contribution >= 0.6 is 0 Å². The molecule has 1 rings (SSSR count). The number of allylic oxidation sites excluding steroid dienone is 2. The van der Waals surface area contributed by atoms with E-state index in [2.05, 4.69) is 20.6 Å². The number of carbonyl (C=O) groups excluding carboxylic acids is 1. The van der Waals surface area contributed by atoms with Crippen molar-refractivity contribution in [3.05, 3.63) is 35.8 Å². The predicted octanol–water partition coefficient (Wildman–Crippen LogP) is 0.261. The maximum atomic E-state index is 11.9. The summed E-state index contributed by atoms with van der Waals surface area (Å²) in [5, 5.41) is 24.2. The molecule has 1 atom stereocenters. The number of hydrogen-bond donors (Lipinski definition) is 4. The van der Waals surface area contributed by atoms with Gasteiger partial charge in [0.05, 0.1) is 18.4 Å². The Morgan fingerprint density at radius 1 is 1.46 bits per heavy atom. The van der Waals surface area contributed by atoms with Gasteiger partial charge in [-0.1, -0.05) is 12.2 Å². The number of aliphatic hydroxyl groups is 1. The number of aromatic nitrogens is 2. The Bertz CT molecular complexity index is 675. The highest BCUT2D eigenvalue weighted by Gasteiger charge is 2.18. The van der Waals surface area contributed by atoms with Crippen LogP contribution in [0.15, 0.2) is 35.1 Å². The molecule has 1 aromatic rings. The smallest absolute Gasteiger partial charge is 0.335 e. The van der Waals surface area contributed by atoms with Gasteiger partial charge in [0.25, 0.3) is 5.91 Å². The van der Waals surface area contributed by atoms with E-state index in [-0.39, 0.29) is 23.7 Å². The van der Waals surface area contributed by atoms with Crippen LogP contribution in [0.5, 0.6) is 0 Å². The molecule has 1 heterocycles. The zero-order valence-electron chi connectivity index (χ0n) is 13.7. The molecule has 0 bridgehead atoms. The van der Waals surface area contributed by atoms with Crippen molar-refractivity contribution in [1.29, 1.82) is 0 Å². The van der Waals surface area contributed by atoms with Crippen LogP contribution in [0.4, 0.5) is 5.82 Å². The lowest BCUT2D eigenvalue weighted by Crippen LogP contribution is -2.25. The summed E-state index contributed by atoms with van der Waals surface area (Å²) in [7, 11) is 3.13. The number of carboxylic acid groups (broad SMARTS) is 1. The fourth-order valence-corrected chi connectivity index (χ4v) is 1.88. The van der Waals surface area contributed by atoms with Gasteiger partial charge in [-0.25, -0.2) is 9.78 Å². The molecule has 0 spiro atoms. The van der Waals surface area contributed by atoms with Gasteiger partial charge in [0.2, 0.25) is 0 Å². The molecule has 0 aromatic carbocycles. The van der Waals surface area contributed by atoms with Gasteiger partial charge in [-0.2, -0.15) is 0 Å². The highest BCUT2D eigenvalue weighted by molar-refractivity contribution is 5.97. The topological polar surface area (TPSA) is 129 Å². The predicted molar refractivity (Wildman–Crippen MR) is 90.2 cm³/mol. The zero-order chi connectivity index (χ0) is 18.1. The second-order valence-corrected chi connectivity index (χ2v) is 4.63. The highest BCUT2D eigenvalue weighted by Crippen LogP contribution is 2.13. The summed E-state index contributed by atoms with van der Waals surface area (Å²) in [4.78, 5) is 30.7. The zero-order valence-corrected chi connectivity index (χ0v) is 13.7. The molecule has 1 aromatic heterocycles. The molecule has 0 aliphatic carbocycles. The molecule has 0 saturated heterocycles. The van der Waals surface area contributed by atoms with E-state index >= 15 is 0 Å². The minimum Gasteiger partial charge on any atom is -0.478 e. The molecule has 130 valence electrons. The molecule has 24 heavy (non-hydrogen) atoms. The van der Waals surface area contributed by atoms with Crippen molar-refractivity contribution in [2.24, 2.45) is 4.99 Å². The van der Waals surface area contributed by atoms with E-state index in [1.165, 1.54) is 36.3 Å². The van der Waals surface area contributed by atoms with Crippen LogP contribution in [0, 0.1) is 0 Å². The standard InChI is InChI=1S/C15H21N5O4/c1-4-5-10(15(23)24)6-7-18-11(21)8-20-9-19-13(16-2)12(20)14(22)17-3/h4-7,9,11,16,21H,8H2,1-3H3,(H,17,22)(H,23,24)/b5-4-,10-6+,18-7-. The quantitative estimate of drug-likeness (QED) is 0.306. The van der Waals surface area contributed by atoms with Gasteiger partial charge in [-0.05, 0) is 13.0 Å². The number of aliphatic hydroxyl groups excluding tert-OH is 1. The van der Waals surface area contributed by atoms with Crippen molar-refractivity contribution < 1.29 is 19.8 Å².